The zero-order valence-corrected chi connectivity index (χ0v) is 18.5. The Bertz CT molecular complexity index is 1270. The fraction of sp³-hybridized carbons (Fsp3) is 0.208. The Morgan fingerprint density at radius 1 is 0.875 bits per heavy atom. The fourth-order valence-corrected chi connectivity index (χ4v) is 5.39. The van der Waals surface area contributed by atoms with Crippen LogP contribution in [0.2, 0.25) is 0 Å². The third kappa shape index (κ3) is 3.72. The van der Waals surface area contributed by atoms with Gasteiger partial charge in [-0.05, 0) is 36.4 Å². The normalized spacial score (nSPS) is 16.3. The van der Waals surface area contributed by atoms with Crippen LogP contribution < -0.4 is 9.47 Å². The molecule has 2 heterocycles. The molecule has 32 heavy (non-hydrogen) atoms. The first-order valence-electron chi connectivity index (χ1n) is 10.4. The number of piperazine rings is 1. The predicted octanol–water partition coefficient (Wildman–Crippen LogP) is 3.89. The number of benzene rings is 3. The molecule has 0 aromatic heterocycles. The highest BCUT2D eigenvalue weighted by atomic mass is 32.2. The summed E-state index contributed by atoms with van der Waals surface area (Å²) in [6.45, 7) is 1.81. The highest BCUT2D eigenvalue weighted by molar-refractivity contribution is 7.89. The Morgan fingerprint density at radius 3 is 2.34 bits per heavy atom. The van der Waals surface area contributed by atoms with Crippen LogP contribution >= 0.6 is 0 Å². The molecule has 3 aromatic rings. The van der Waals surface area contributed by atoms with Gasteiger partial charge in [0.2, 0.25) is 10.0 Å². The summed E-state index contributed by atoms with van der Waals surface area (Å²) < 4.78 is 39.1. The van der Waals surface area contributed by atoms with Crippen LogP contribution in [0.15, 0.2) is 82.7 Å². The summed E-state index contributed by atoms with van der Waals surface area (Å²) in [6, 6.07) is 21.9. The Kier molecular flexibility index (Phi) is 5.32. The van der Waals surface area contributed by atoms with E-state index in [1.807, 2.05) is 48.5 Å². The molecule has 164 valence electrons. The number of amidine groups is 1. The summed E-state index contributed by atoms with van der Waals surface area (Å²) in [5, 5.41) is 0. The van der Waals surface area contributed by atoms with Crippen molar-refractivity contribution in [3.63, 3.8) is 0 Å². The number of fused-ring (bicyclic) bond motifs is 2. The van der Waals surface area contributed by atoms with Crippen molar-refractivity contribution in [2.45, 2.75) is 4.90 Å². The summed E-state index contributed by atoms with van der Waals surface area (Å²) in [4.78, 5) is 7.35. The number of hydrogen-bond acceptors (Lipinski definition) is 6. The van der Waals surface area contributed by atoms with E-state index in [4.69, 9.17) is 14.5 Å². The van der Waals surface area contributed by atoms with Crippen LogP contribution in [-0.4, -0.2) is 56.7 Å². The van der Waals surface area contributed by atoms with Crippen molar-refractivity contribution in [1.82, 2.24) is 9.21 Å². The maximum Gasteiger partial charge on any atom is 0.243 e. The summed E-state index contributed by atoms with van der Waals surface area (Å²) >= 11 is 0. The molecule has 3 aromatic carbocycles. The molecule has 2 aliphatic heterocycles. The van der Waals surface area contributed by atoms with Crippen LogP contribution in [0.25, 0.3) is 0 Å². The Hall–Kier alpha value is -3.36. The van der Waals surface area contributed by atoms with Crippen molar-refractivity contribution < 1.29 is 17.9 Å². The smallest absolute Gasteiger partial charge is 0.243 e. The molecule has 0 spiro atoms. The van der Waals surface area contributed by atoms with Gasteiger partial charge in [0.05, 0.1) is 17.6 Å². The van der Waals surface area contributed by atoms with Gasteiger partial charge < -0.3 is 14.4 Å². The lowest BCUT2D eigenvalue weighted by atomic mass is 10.1. The molecule has 0 saturated carbocycles. The highest BCUT2D eigenvalue weighted by Crippen LogP contribution is 2.39. The van der Waals surface area contributed by atoms with Crippen molar-refractivity contribution in [2.75, 3.05) is 33.3 Å². The molecule has 8 heteroatoms. The number of sulfonamides is 1. The van der Waals surface area contributed by atoms with E-state index in [-0.39, 0.29) is 0 Å². The third-order valence-electron chi connectivity index (χ3n) is 5.66. The second-order valence-corrected chi connectivity index (χ2v) is 9.51. The highest BCUT2D eigenvalue weighted by Gasteiger charge is 2.31. The van der Waals surface area contributed by atoms with Crippen LogP contribution in [0.3, 0.4) is 0 Å². The average Bonchev–Trinajstić information content (AvgIpc) is 3.01. The van der Waals surface area contributed by atoms with Crippen molar-refractivity contribution in [2.24, 2.45) is 4.99 Å². The van der Waals surface area contributed by atoms with Crippen LogP contribution in [0.5, 0.6) is 17.2 Å². The quantitative estimate of drug-likeness (QED) is 0.607. The second kappa shape index (κ2) is 8.29. The molecular weight excluding hydrogens is 426 g/mol. The standard InChI is InChI=1S/C24H23N3O4S/c1-30-18-11-12-20-23(17-18)31-22-10-6-5-9-21(22)25-24(20)26-13-15-27(16-14-26)32(28,29)19-7-3-2-4-8-19/h2-12,17H,13-16H2,1H3. The molecule has 0 N–H and O–H groups in total. The summed E-state index contributed by atoms with van der Waals surface area (Å²) in [7, 11) is -1.90. The van der Waals surface area contributed by atoms with Gasteiger partial charge in [-0.3, -0.25) is 0 Å². The molecule has 5 rings (SSSR count). The molecular formula is C24H23N3O4S. The van der Waals surface area contributed by atoms with Gasteiger partial charge >= 0.3 is 0 Å². The van der Waals surface area contributed by atoms with E-state index in [9.17, 15) is 8.42 Å². The van der Waals surface area contributed by atoms with E-state index < -0.39 is 10.0 Å². The Balaban J connectivity index is 1.46. The third-order valence-corrected chi connectivity index (χ3v) is 7.57. The van der Waals surface area contributed by atoms with Gasteiger partial charge in [-0.1, -0.05) is 30.3 Å². The molecule has 7 nitrogen and oxygen atoms in total. The maximum absolute atomic E-state index is 13.0. The lowest BCUT2D eigenvalue weighted by Gasteiger charge is -2.35. The lowest BCUT2D eigenvalue weighted by molar-refractivity contribution is 0.266. The van der Waals surface area contributed by atoms with E-state index >= 15 is 0 Å². The number of methoxy groups -OCH3 is 1. The Morgan fingerprint density at radius 2 is 1.59 bits per heavy atom. The minimum absolute atomic E-state index is 0.319. The van der Waals surface area contributed by atoms with Crippen molar-refractivity contribution in [3.05, 3.63) is 78.4 Å². The summed E-state index contributed by atoms with van der Waals surface area (Å²) in [5.41, 5.74) is 1.58. The maximum atomic E-state index is 13.0. The molecule has 1 saturated heterocycles. The first kappa shape index (κ1) is 20.5. The molecule has 0 amide bonds. The number of aliphatic imine (C=N–C) groups is 1. The first-order valence-corrected chi connectivity index (χ1v) is 11.8. The van der Waals surface area contributed by atoms with Gasteiger partial charge in [0.1, 0.15) is 23.0 Å². The van der Waals surface area contributed by atoms with Gasteiger partial charge in [-0.2, -0.15) is 4.31 Å². The van der Waals surface area contributed by atoms with Crippen molar-refractivity contribution >= 4 is 21.5 Å². The van der Waals surface area contributed by atoms with Crippen LogP contribution in [-0.2, 0) is 10.0 Å². The predicted molar refractivity (Wildman–Crippen MR) is 122 cm³/mol. The average molecular weight is 450 g/mol. The largest absolute Gasteiger partial charge is 0.497 e. The van der Waals surface area contributed by atoms with Crippen LogP contribution in [0.4, 0.5) is 5.69 Å². The molecule has 0 radical (unpaired) electrons. The van der Waals surface area contributed by atoms with Crippen molar-refractivity contribution in [1.29, 1.82) is 0 Å². The van der Waals surface area contributed by atoms with Crippen LogP contribution in [0.1, 0.15) is 5.56 Å². The number of para-hydroxylation sites is 2. The van der Waals surface area contributed by atoms with Gasteiger partial charge in [-0.25, -0.2) is 13.4 Å². The van der Waals surface area contributed by atoms with E-state index in [1.165, 1.54) is 4.31 Å². The van der Waals surface area contributed by atoms with Crippen molar-refractivity contribution in [3.8, 4) is 17.2 Å². The molecule has 2 aliphatic rings. The fourth-order valence-electron chi connectivity index (χ4n) is 3.95. The zero-order chi connectivity index (χ0) is 22.1. The van der Waals surface area contributed by atoms with Gasteiger partial charge in [0.25, 0.3) is 0 Å². The molecule has 0 atom stereocenters. The van der Waals surface area contributed by atoms with Gasteiger partial charge in [-0.15, -0.1) is 0 Å². The van der Waals surface area contributed by atoms with Crippen LogP contribution in [0, 0.1) is 0 Å². The number of rotatable bonds is 3. The Labute approximate surface area is 187 Å². The lowest BCUT2D eigenvalue weighted by Crippen LogP contribution is -2.50. The topological polar surface area (TPSA) is 71.4 Å². The summed E-state index contributed by atoms with van der Waals surface area (Å²) in [5.74, 6) is 2.79. The SMILES string of the molecule is COc1ccc2c(c1)Oc1ccccc1N=C2N1CCN(S(=O)(=O)c2ccccc2)CC1. The number of nitrogens with zero attached hydrogens (tertiary/aromatic N) is 3. The van der Waals surface area contributed by atoms with Gasteiger partial charge in [0.15, 0.2) is 5.75 Å². The minimum Gasteiger partial charge on any atom is -0.497 e. The molecule has 0 aliphatic carbocycles. The monoisotopic (exact) mass is 449 g/mol. The van der Waals surface area contributed by atoms with E-state index in [2.05, 4.69) is 4.90 Å². The van der Waals surface area contributed by atoms with Gasteiger partial charge in [0, 0.05) is 32.2 Å². The number of ether oxygens (including phenoxy) is 2. The zero-order valence-electron chi connectivity index (χ0n) is 17.6. The molecule has 1 fully saturated rings. The number of hydrogen-bond donors (Lipinski definition) is 0. The minimum atomic E-state index is -3.52. The molecule has 0 unspecified atom stereocenters. The molecule has 0 bridgehead atoms. The van der Waals surface area contributed by atoms with E-state index in [1.54, 1.807) is 31.4 Å². The summed E-state index contributed by atoms with van der Waals surface area (Å²) in [6.07, 6.45) is 0. The van der Waals surface area contributed by atoms with E-state index in [0.717, 1.165) is 17.1 Å². The van der Waals surface area contributed by atoms with E-state index in [0.29, 0.717) is 48.3 Å². The first-order chi connectivity index (χ1) is 15.6. The second-order valence-electron chi connectivity index (χ2n) is 7.57.